The molecule has 2 aromatic carbocycles. The number of nitrogens with zero attached hydrogens (tertiary/aromatic N) is 2. The molecule has 0 aliphatic rings. The number of hydrogen-bond acceptors (Lipinski definition) is 5. The second-order valence-electron chi connectivity index (χ2n) is 5.84. The molecule has 0 spiro atoms. The first-order valence-electron chi connectivity index (χ1n) is 8.07. The fraction of sp³-hybridized carbons (Fsp3) is 0.211. The zero-order valence-electron chi connectivity index (χ0n) is 14.5. The van der Waals surface area contributed by atoms with Crippen molar-refractivity contribution < 1.29 is 13.6 Å². The molecule has 0 radical (unpaired) electrons. The summed E-state index contributed by atoms with van der Waals surface area (Å²) in [6.45, 7) is 4.01. The summed E-state index contributed by atoms with van der Waals surface area (Å²) in [5.74, 6) is 0.187. The number of aryl methyl sites for hydroxylation is 2. The van der Waals surface area contributed by atoms with E-state index in [0.717, 1.165) is 16.7 Å². The van der Waals surface area contributed by atoms with Gasteiger partial charge in [0.25, 0.3) is 5.22 Å². The average Bonchev–Trinajstić information content (AvgIpc) is 3.10. The van der Waals surface area contributed by atoms with Crippen molar-refractivity contribution in [2.75, 3.05) is 5.75 Å². The lowest BCUT2D eigenvalue weighted by atomic mass is 10.1. The maximum absolute atomic E-state index is 13.2. The zero-order chi connectivity index (χ0) is 18.5. The van der Waals surface area contributed by atoms with E-state index in [0.29, 0.717) is 23.2 Å². The average molecular weight is 371 g/mol. The minimum absolute atomic E-state index is 0.160. The van der Waals surface area contributed by atoms with E-state index in [4.69, 9.17) is 4.42 Å². The number of carbonyl (C=O) groups excluding carboxylic acids is 1. The monoisotopic (exact) mass is 371 g/mol. The summed E-state index contributed by atoms with van der Waals surface area (Å²) in [6.07, 6.45) is 0. The number of aromatic nitrogens is 2. The summed E-state index contributed by atoms with van der Waals surface area (Å²) in [4.78, 5) is 12.0. The molecular weight excluding hydrogens is 353 g/mol. The van der Waals surface area contributed by atoms with Crippen molar-refractivity contribution in [3.8, 4) is 11.5 Å². The highest BCUT2D eigenvalue weighted by atomic mass is 32.2. The Bertz CT molecular complexity index is 927. The predicted octanol–water partition coefficient (Wildman–Crippen LogP) is 3.90. The lowest BCUT2D eigenvalue weighted by molar-refractivity contribution is -0.118. The van der Waals surface area contributed by atoms with E-state index in [1.54, 1.807) is 19.1 Å². The first-order valence-corrected chi connectivity index (χ1v) is 9.05. The third kappa shape index (κ3) is 4.49. The predicted molar refractivity (Wildman–Crippen MR) is 98.2 cm³/mol. The molecule has 3 rings (SSSR count). The van der Waals surface area contributed by atoms with Crippen LogP contribution >= 0.6 is 11.8 Å². The second-order valence-corrected chi connectivity index (χ2v) is 6.76. The lowest BCUT2D eigenvalue weighted by Crippen LogP contribution is -2.24. The van der Waals surface area contributed by atoms with E-state index in [2.05, 4.69) is 15.5 Å². The largest absolute Gasteiger partial charge is 0.411 e. The van der Waals surface area contributed by atoms with Gasteiger partial charge in [0.2, 0.25) is 11.8 Å². The van der Waals surface area contributed by atoms with E-state index in [1.165, 1.54) is 17.8 Å². The maximum atomic E-state index is 13.2. The number of hydrogen-bond donors (Lipinski definition) is 1. The fourth-order valence-electron chi connectivity index (χ4n) is 2.39. The van der Waals surface area contributed by atoms with Crippen molar-refractivity contribution in [1.82, 2.24) is 15.5 Å². The molecule has 0 aliphatic heterocycles. The van der Waals surface area contributed by atoms with Crippen molar-refractivity contribution in [2.24, 2.45) is 0 Å². The van der Waals surface area contributed by atoms with E-state index in [-0.39, 0.29) is 17.5 Å². The standard InChI is InChI=1S/C19H18FN3O2S/c1-12-5-3-4-6-15(12)18-22-23-19(25-18)26-11-17(24)21-10-14-7-8-16(20)13(2)9-14/h3-9H,10-11H2,1-2H3,(H,21,24). The van der Waals surface area contributed by atoms with Crippen LogP contribution in [0.15, 0.2) is 52.1 Å². The van der Waals surface area contributed by atoms with E-state index >= 15 is 0 Å². The molecule has 3 aromatic rings. The highest BCUT2D eigenvalue weighted by molar-refractivity contribution is 7.99. The Hall–Kier alpha value is -2.67. The number of thioether (sulfide) groups is 1. The minimum atomic E-state index is -0.253. The molecule has 0 atom stereocenters. The van der Waals surface area contributed by atoms with Crippen LogP contribution in [0.2, 0.25) is 0 Å². The van der Waals surface area contributed by atoms with Crippen molar-refractivity contribution in [3.63, 3.8) is 0 Å². The van der Waals surface area contributed by atoms with Crippen LogP contribution in [-0.4, -0.2) is 21.9 Å². The van der Waals surface area contributed by atoms with Gasteiger partial charge in [-0.15, -0.1) is 10.2 Å². The fourth-order valence-corrected chi connectivity index (χ4v) is 2.98. The van der Waals surface area contributed by atoms with Gasteiger partial charge in [-0.2, -0.15) is 0 Å². The van der Waals surface area contributed by atoms with Gasteiger partial charge < -0.3 is 9.73 Å². The molecule has 5 nitrogen and oxygen atoms in total. The Balaban J connectivity index is 1.52. The Kier molecular flexibility index (Phi) is 5.68. The number of carbonyl (C=O) groups is 1. The molecule has 0 saturated carbocycles. The smallest absolute Gasteiger partial charge is 0.277 e. The number of benzene rings is 2. The summed E-state index contributed by atoms with van der Waals surface area (Å²) in [7, 11) is 0. The summed E-state index contributed by atoms with van der Waals surface area (Å²) >= 11 is 1.18. The lowest BCUT2D eigenvalue weighted by Gasteiger charge is -2.05. The van der Waals surface area contributed by atoms with E-state index < -0.39 is 0 Å². The van der Waals surface area contributed by atoms with Crippen molar-refractivity contribution in [3.05, 3.63) is 65.0 Å². The van der Waals surface area contributed by atoms with E-state index in [9.17, 15) is 9.18 Å². The van der Waals surface area contributed by atoms with Crippen molar-refractivity contribution in [2.45, 2.75) is 25.6 Å². The Labute approximate surface area is 155 Å². The van der Waals surface area contributed by atoms with Gasteiger partial charge in [0.1, 0.15) is 5.82 Å². The molecule has 1 aromatic heterocycles. The molecule has 0 saturated heterocycles. The topological polar surface area (TPSA) is 68.0 Å². The molecule has 1 N–H and O–H groups in total. The van der Waals surface area contributed by atoms with Crippen LogP contribution < -0.4 is 5.32 Å². The van der Waals surface area contributed by atoms with Crippen molar-refractivity contribution >= 4 is 17.7 Å². The summed E-state index contributed by atoms with van der Waals surface area (Å²) < 4.78 is 18.9. The third-order valence-electron chi connectivity index (χ3n) is 3.82. The van der Waals surface area contributed by atoms with Crippen LogP contribution in [-0.2, 0) is 11.3 Å². The first-order chi connectivity index (χ1) is 12.5. The summed E-state index contributed by atoms with van der Waals surface area (Å²) in [6, 6.07) is 12.5. The van der Waals surface area contributed by atoms with Gasteiger partial charge in [-0.3, -0.25) is 4.79 Å². The normalized spacial score (nSPS) is 10.7. The SMILES string of the molecule is Cc1cc(CNC(=O)CSc2nnc(-c3ccccc3C)o2)ccc1F. The second kappa shape index (κ2) is 8.14. The van der Waals surface area contributed by atoms with Crippen LogP contribution in [0.4, 0.5) is 4.39 Å². The van der Waals surface area contributed by atoms with Gasteiger partial charge in [-0.05, 0) is 42.7 Å². The Morgan fingerprint density at radius 2 is 1.96 bits per heavy atom. The number of halogens is 1. The summed E-state index contributed by atoms with van der Waals surface area (Å²) in [5.41, 5.74) is 3.32. The quantitative estimate of drug-likeness (QED) is 0.666. The Morgan fingerprint density at radius 3 is 2.73 bits per heavy atom. The highest BCUT2D eigenvalue weighted by Crippen LogP contribution is 2.25. The van der Waals surface area contributed by atoms with Crippen LogP contribution in [0.3, 0.4) is 0 Å². The maximum Gasteiger partial charge on any atom is 0.277 e. The molecule has 134 valence electrons. The third-order valence-corrected chi connectivity index (χ3v) is 4.64. The zero-order valence-corrected chi connectivity index (χ0v) is 15.3. The molecular formula is C19H18FN3O2S. The molecule has 0 unspecified atom stereocenters. The molecule has 1 amide bonds. The van der Waals surface area contributed by atoms with Gasteiger partial charge in [-0.25, -0.2) is 4.39 Å². The minimum Gasteiger partial charge on any atom is -0.411 e. The molecule has 1 heterocycles. The van der Waals surface area contributed by atoms with Crippen LogP contribution in [0.1, 0.15) is 16.7 Å². The summed E-state index contributed by atoms with van der Waals surface area (Å²) in [5, 5.41) is 11.1. The molecule has 0 fully saturated rings. The number of rotatable bonds is 6. The van der Waals surface area contributed by atoms with Crippen molar-refractivity contribution in [1.29, 1.82) is 0 Å². The van der Waals surface area contributed by atoms with Gasteiger partial charge in [-0.1, -0.05) is 42.1 Å². The Morgan fingerprint density at radius 1 is 1.15 bits per heavy atom. The van der Waals surface area contributed by atoms with E-state index in [1.807, 2.05) is 31.2 Å². The van der Waals surface area contributed by atoms with Gasteiger partial charge in [0, 0.05) is 12.1 Å². The van der Waals surface area contributed by atoms with Crippen LogP contribution in [0.5, 0.6) is 0 Å². The molecule has 26 heavy (non-hydrogen) atoms. The highest BCUT2D eigenvalue weighted by Gasteiger charge is 2.12. The number of amides is 1. The number of nitrogens with one attached hydrogen (secondary N) is 1. The molecule has 0 bridgehead atoms. The first kappa shape index (κ1) is 18.1. The molecule has 0 aliphatic carbocycles. The van der Waals surface area contributed by atoms with Gasteiger partial charge in [0.05, 0.1) is 5.75 Å². The molecule has 7 heteroatoms. The van der Waals surface area contributed by atoms with Gasteiger partial charge in [0.15, 0.2) is 0 Å². The van der Waals surface area contributed by atoms with Crippen LogP contribution in [0.25, 0.3) is 11.5 Å². The van der Waals surface area contributed by atoms with Crippen LogP contribution in [0, 0.1) is 19.7 Å². The van der Waals surface area contributed by atoms with Gasteiger partial charge >= 0.3 is 0 Å².